The lowest BCUT2D eigenvalue weighted by molar-refractivity contribution is 0.413. The maximum atomic E-state index is 12.3. The molecule has 1 rings (SSSR count). The second-order valence-electron chi connectivity index (χ2n) is 3.77. The molecular weight excluding hydrogens is 274 g/mol. The first kappa shape index (κ1) is 15.3. The first-order valence-corrected chi connectivity index (χ1v) is 7.74. The van der Waals surface area contributed by atoms with Crippen LogP contribution in [0.1, 0.15) is 13.3 Å². The van der Waals surface area contributed by atoms with Crippen LogP contribution in [0.4, 0.5) is 0 Å². The van der Waals surface area contributed by atoms with Gasteiger partial charge in [0, 0.05) is 19.0 Å². The highest BCUT2D eigenvalue weighted by atomic mass is 35.5. The Kier molecular flexibility index (Phi) is 5.91. The van der Waals surface area contributed by atoms with Gasteiger partial charge in [-0.15, -0.1) is 11.6 Å². The van der Waals surface area contributed by atoms with Crippen molar-refractivity contribution >= 4 is 21.6 Å². The summed E-state index contributed by atoms with van der Waals surface area (Å²) < 4.78 is 31.1. The van der Waals surface area contributed by atoms with Crippen LogP contribution in [-0.2, 0) is 10.0 Å². The molecule has 0 aliphatic carbocycles. The van der Waals surface area contributed by atoms with Crippen molar-refractivity contribution in [1.29, 1.82) is 0 Å². The fourth-order valence-corrected chi connectivity index (χ4v) is 3.43. The second-order valence-corrected chi connectivity index (χ2v) is 6.08. The molecular formula is C12H18ClNO3S. The second kappa shape index (κ2) is 6.97. The van der Waals surface area contributed by atoms with Crippen molar-refractivity contribution in [3.63, 3.8) is 0 Å². The first-order chi connectivity index (χ1) is 8.56. The normalized spacial score (nSPS) is 11.8. The summed E-state index contributed by atoms with van der Waals surface area (Å²) >= 11 is 5.65. The summed E-state index contributed by atoms with van der Waals surface area (Å²) in [6, 6.07) is 6.37. The Bertz CT molecular complexity index is 453. The topological polar surface area (TPSA) is 46.6 Å². The van der Waals surface area contributed by atoms with Crippen molar-refractivity contribution < 1.29 is 13.2 Å². The van der Waals surface area contributed by atoms with Gasteiger partial charge in [-0.2, -0.15) is 4.31 Å². The largest absolute Gasteiger partial charge is 0.497 e. The van der Waals surface area contributed by atoms with E-state index in [1.807, 2.05) is 6.92 Å². The zero-order chi connectivity index (χ0) is 13.6. The zero-order valence-electron chi connectivity index (χ0n) is 10.6. The number of sulfonamides is 1. The van der Waals surface area contributed by atoms with Gasteiger partial charge in [0.25, 0.3) is 0 Å². The predicted molar refractivity (Wildman–Crippen MR) is 72.8 cm³/mol. The Morgan fingerprint density at radius 3 is 2.28 bits per heavy atom. The Labute approximate surface area is 114 Å². The van der Waals surface area contributed by atoms with E-state index < -0.39 is 10.0 Å². The lowest BCUT2D eigenvalue weighted by Gasteiger charge is -2.20. The maximum absolute atomic E-state index is 12.3. The molecule has 102 valence electrons. The Morgan fingerprint density at radius 2 is 1.83 bits per heavy atom. The Hall–Kier alpha value is -0.780. The molecule has 0 heterocycles. The lowest BCUT2D eigenvalue weighted by Crippen LogP contribution is -2.33. The minimum absolute atomic E-state index is 0.266. The summed E-state index contributed by atoms with van der Waals surface area (Å²) in [7, 11) is -1.91. The molecule has 0 amide bonds. The molecule has 0 unspecified atom stereocenters. The van der Waals surface area contributed by atoms with Gasteiger partial charge >= 0.3 is 0 Å². The summed E-state index contributed by atoms with van der Waals surface area (Å²) in [5.74, 6) is 0.920. The predicted octanol–water partition coefficient (Wildman–Crippen LogP) is 2.33. The molecule has 0 N–H and O–H groups in total. The van der Waals surface area contributed by atoms with Crippen LogP contribution in [0.25, 0.3) is 0 Å². The number of hydrogen-bond acceptors (Lipinski definition) is 3. The molecule has 0 radical (unpaired) electrons. The van der Waals surface area contributed by atoms with E-state index in [9.17, 15) is 8.42 Å². The van der Waals surface area contributed by atoms with Crippen LogP contribution in [0, 0.1) is 0 Å². The van der Waals surface area contributed by atoms with Crippen LogP contribution in [0.15, 0.2) is 29.2 Å². The van der Waals surface area contributed by atoms with Crippen LogP contribution < -0.4 is 4.74 Å². The highest BCUT2D eigenvalue weighted by Crippen LogP contribution is 2.19. The van der Waals surface area contributed by atoms with Crippen LogP contribution in [0.3, 0.4) is 0 Å². The van der Waals surface area contributed by atoms with E-state index in [2.05, 4.69) is 0 Å². The van der Waals surface area contributed by atoms with Crippen molar-refractivity contribution in [2.24, 2.45) is 0 Å². The van der Waals surface area contributed by atoms with Gasteiger partial charge in [0.15, 0.2) is 0 Å². The third-order valence-electron chi connectivity index (χ3n) is 2.50. The number of ether oxygens (including phenoxy) is 1. The van der Waals surface area contributed by atoms with E-state index in [0.29, 0.717) is 18.8 Å². The SMILES string of the molecule is CCCN(CCCl)S(=O)(=O)c1ccc(OC)cc1. The van der Waals surface area contributed by atoms with Gasteiger partial charge in [-0.1, -0.05) is 6.92 Å². The number of rotatable bonds is 7. The number of benzene rings is 1. The molecule has 0 saturated carbocycles. The number of methoxy groups -OCH3 is 1. The molecule has 0 aromatic heterocycles. The van der Waals surface area contributed by atoms with E-state index in [1.54, 1.807) is 31.4 Å². The Morgan fingerprint density at radius 1 is 1.22 bits per heavy atom. The fraction of sp³-hybridized carbons (Fsp3) is 0.500. The molecule has 4 nitrogen and oxygen atoms in total. The monoisotopic (exact) mass is 291 g/mol. The highest BCUT2D eigenvalue weighted by Gasteiger charge is 2.22. The summed E-state index contributed by atoms with van der Waals surface area (Å²) in [5.41, 5.74) is 0. The zero-order valence-corrected chi connectivity index (χ0v) is 12.2. The summed E-state index contributed by atoms with van der Waals surface area (Å²) in [6.45, 7) is 2.73. The van der Waals surface area contributed by atoms with Crippen LogP contribution in [-0.4, -0.2) is 38.8 Å². The van der Waals surface area contributed by atoms with E-state index in [0.717, 1.165) is 6.42 Å². The average molecular weight is 292 g/mol. The standard InChI is InChI=1S/C12H18ClNO3S/c1-3-9-14(10-8-13)18(15,16)12-6-4-11(17-2)5-7-12/h4-7H,3,8-10H2,1-2H3. The molecule has 0 saturated heterocycles. The summed E-state index contributed by atoms with van der Waals surface area (Å²) in [5, 5.41) is 0. The van der Waals surface area contributed by atoms with Gasteiger partial charge in [0.2, 0.25) is 10.0 Å². The van der Waals surface area contributed by atoms with E-state index in [4.69, 9.17) is 16.3 Å². The number of nitrogens with zero attached hydrogens (tertiary/aromatic N) is 1. The summed E-state index contributed by atoms with van der Waals surface area (Å²) in [6.07, 6.45) is 0.756. The average Bonchev–Trinajstić information content (AvgIpc) is 2.38. The first-order valence-electron chi connectivity index (χ1n) is 5.76. The molecule has 0 aliphatic rings. The molecule has 6 heteroatoms. The molecule has 1 aromatic rings. The van der Waals surface area contributed by atoms with E-state index in [-0.39, 0.29) is 10.8 Å². The van der Waals surface area contributed by atoms with E-state index >= 15 is 0 Å². The third-order valence-corrected chi connectivity index (χ3v) is 4.59. The highest BCUT2D eigenvalue weighted by molar-refractivity contribution is 7.89. The number of alkyl halides is 1. The van der Waals surface area contributed by atoms with Gasteiger partial charge in [0.05, 0.1) is 12.0 Å². The maximum Gasteiger partial charge on any atom is 0.243 e. The smallest absolute Gasteiger partial charge is 0.243 e. The lowest BCUT2D eigenvalue weighted by atomic mass is 10.3. The molecule has 0 fully saturated rings. The van der Waals surface area contributed by atoms with Crippen LogP contribution in [0.2, 0.25) is 0 Å². The van der Waals surface area contributed by atoms with Gasteiger partial charge in [-0.3, -0.25) is 0 Å². The van der Waals surface area contributed by atoms with Gasteiger partial charge in [0.1, 0.15) is 5.75 Å². The van der Waals surface area contributed by atoms with Crippen molar-refractivity contribution in [2.45, 2.75) is 18.2 Å². The van der Waals surface area contributed by atoms with E-state index in [1.165, 1.54) is 4.31 Å². The number of halogens is 1. The quantitative estimate of drug-likeness (QED) is 0.725. The summed E-state index contributed by atoms with van der Waals surface area (Å²) in [4.78, 5) is 0.266. The van der Waals surface area contributed by atoms with Crippen molar-refractivity contribution in [3.8, 4) is 5.75 Å². The molecule has 18 heavy (non-hydrogen) atoms. The minimum Gasteiger partial charge on any atom is -0.497 e. The van der Waals surface area contributed by atoms with Gasteiger partial charge < -0.3 is 4.74 Å². The van der Waals surface area contributed by atoms with Crippen molar-refractivity contribution in [1.82, 2.24) is 4.31 Å². The number of hydrogen-bond donors (Lipinski definition) is 0. The molecule has 0 aliphatic heterocycles. The van der Waals surface area contributed by atoms with Crippen LogP contribution in [0.5, 0.6) is 5.75 Å². The van der Waals surface area contributed by atoms with Gasteiger partial charge in [-0.05, 0) is 30.7 Å². The third kappa shape index (κ3) is 3.60. The van der Waals surface area contributed by atoms with Gasteiger partial charge in [-0.25, -0.2) is 8.42 Å². The molecule has 0 bridgehead atoms. The fourth-order valence-electron chi connectivity index (χ4n) is 1.59. The van der Waals surface area contributed by atoms with Crippen molar-refractivity contribution in [3.05, 3.63) is 24.3 Å². The molecule has 0 spiro atoms. The van der Waals surface area contributed by atoms with Crippen molar-refractivity contribution in [2.75, 3.05) is 26.1 Å². The van der Waals surface area contributed by atoms with Crippen LogP contribution >= 0.6 is 11.6 Å². The molecule has 1 aromatic carbocycles. The Balaban J connectivity index is 3.01. The minimum atomic E-state index is -3.46. The molecule has 0 atom stereocenters.